The van der Waals surface area contributed by atoms with Crippen LogP contribution >= 0.6 is 15.9 Å². The Morgan fingerprint density at radius 3 is 2.58 bits per heavy atom. The number of benzene rings is 3. The van der Waals surface area contributed by atoms with Crippen LogP contribution in [0.2, 0.25) is 0 Å². The molecular formula is C27H21BrN4O. The summed E-state index contributed by atoms with van der Waals surface area (Å²) in [5, 5.41) is 5.18. The van der Waals surface area contributed by atoms with Crippen molar-refractivity contribution in [1.82, 2.24) is 15.0 Å². The predicted octanol–water partition coefficient (Wildman–Crippen LogP) is 6.46. The van der Waals surface area contributed by atoms with Crippen LogP contribution in [0.4, 0.5) is 0 Å². The molecule has 33 heavy (non-hydrogen) atoms. The van der Waals surface area contributed by atoms with E-state index in [0.717, 1.165) is 43.6 Å². The quantitative estimate of drug-likeness (QED) is 0.213. The van der Waals surface area contributed by atoms with Gasteiger partial charge in [0.2, 0.25) is 0 Å². The highest BCUT2D eigenvalue weighted by Crippen LogP contribution is 2.26. The number of fused-ring (bicyclic) bond motifs is 1. The molecule has 0 aliphatic carbocycles. The number of aromatic nitrogens is 2. The molecule has 5 nitrogen and oxygen atoms in total. The van der Waals surface area contributed by atoms with Crippen molar-refractivity contribution in [3.63, 3.8) is 0 Å². The number of hydrogen-bond donors (Lipinski definition) is 2. The fourth-order valence-corrected chi connectivity index (χ4v) is 4.28. The van der Waals surface area contributed by atoms with Crippen molar-refractivity contribution < 1.29 is 4.79 Å². The van der Waals surface area contributed by atoms with Gasteiger partial charge in [0.25, 0.3) is 5.91 Å². The first-order valence-corrected chi connectivity index (χ1v) is 11.3. The smallest absolute Gasteiger partial charge is 0.271 e. The van der Waals surface area contributed by atoms with Crippen LogP contribution in [-0.4, -0.2) is 21.7 Å². The molecule has 0 saturated carbocycles. The summed E-state index contributed by atoms with van der Waals surface area (Å²) in [6, 6.07) is 28.0. The lowest BCUT2D eigenvalue weighted by Gasteiger charge is -2.12. The molecule has 0 spiro atoms. The lowest BCUT2D eigenvalue weighted by Crippen LogP contribution is -2.17. The summed E-state index contributed by atoms with van der Waals surface area (Å²) in [4.78, 5) is 15.8. The molecule has 0 unspecified atom stereocenters. The molecule has 6 heteroatoms. The zero-order valence-corrected chi connectivity index (χ0v) is 19.5. The number of carbonyl (C=O) groups is 1. The lowest BCUT2D eigenvalue weighted by molar-refractivity contribution is 0.0955. The maximum atomic E-state index is 12.6. The molecule has 5 rings (SSSR count). The first kappa shape index (κ1) is 21.0. The van der Waals surface area contributed by atoms with Crippen molar-refractivity contribution in [1.29, 1.82) is 0 Å². The van der Waals surface area contributed by atoms with E-state index in [1.165, 1.54) is 0 Å². The van der Waals surface area contributed by atoms with E-state index in [-0.39, 0.29) is 5.91 Å². The van der Waals surface area contributed by atoms with Gasteiger partial charge in [-0.2, -0.15) is 5.10 Å². The van der Waals surface area contributed by atoms with Crippen molar-refractivity contribution >= 4 is 39.0 Å². The Kier molecular flexibility index (Phi) is 5.67. The van der Waals surface area contributed by atoms with Gasteiger partial charge in [-0.1, -0.05) is 46.3 Å². The molecule has 0 radical (unpaired) electrons. The fraction of sp³-hybridized carbons (Fsp3) is 0.0370. The molecule has 0 fully saturated rings. The number of carbonyl (C=O) groups excluding carboxylic acids is 1. The van der Waals surface area contributed by atoms with Gasteiger partial charge in [0, 0.05) is 44.1 Å². The van der Waals surface area contributed by atoms with E-state index in [1.54, 1.807) is 6.21 Å². The van der Waals surface area contributed by atoms with Gasteiger partial charge >= 0.3 is 0 Å². The molecule has 1 amide bonds. The number of nitrogens with zero attached hydrogens (tertiary/aromatic N) is 2. The minimum Gasteiger partial charge on any atom is -0.361 e. The SMILES string of the molecule is Cc1ccc(-c2ccccc2)n1-c1ccc(C(=O)N/N=C/c2c[nH]c3ccc(Br)cc23)cc1. The second kappa shape index (κ2) is 8.92. The van der Waals surface area contributed by atoms with Crippen LogP contribution in [0.5, 0.6) is 0 Å². The second-order valence-corrected chi connectivity index (χ2v) is 8.66. The molecule has 0 atom stereocenters. The average molecular weight is 497 g/mol. The molecule has 3 aromatic carbocycles. The van der Waals surface area contributed by atoms with Gasteiger partial charge in [-0.25, -0.2) is 5.43 Å². The highest BCUT2D eigenvalue weighted by atomic mass is 79.9. The number of hydrazone groups is 1. The van der Waals surface area contributed by atoms with E-state index in [2.05, 4.69) is 67.2 Å². The molecule has 162 valence electrons. The van der Waals surface area contributed by atoms with E-state index in [1.807, 2.05) is 66.9 Å². The number of aryl methyl sites for hydroxylation is 1. The highest BCUT2D eigenvalue weighted by Gasteiger charge is 2.11. The second-order valence-electron chi connectivity index (χ2n) is 7.74. The first-order valence-electron chi connectivity index (χ1n) is 10.5. The summed E-state index contributed by atoms with van der Waals surface area (Å²) >= 11 is 3.49. The topological polar surface area (TPSA) is 62.2 Å². The van der Waals surface area contributed by atoms with Crippen LogP contribution in [0.15, 0.2) is 101 Å². The van der Waals surface area contributed by atoms with Crippen molar-refractivity contribution in [2.45, 2.75) is 6.92 Å². The molecule has 0 aliphatic rings. The Hall–Kier alpha value is -3.90. The number of halogens is 1. The van der Waals surface area contributed by atoms with Crippen LogP contribution in [-0.2, 0) is 0 Å². The van der Waals surface area contributed by atoms with Crippen LogP contribution < -0.4 is 5.43 Å². The Balaban J connectivity index is 1.33. The maximum Gasteiger partial charge on any atom is 0.271 e. The number of nitrogens with one attached hydrogen (secondary N) is 2. The minimum atomic E-state index is -0.258. The number of rotatable bonds is 5. The van der Waals surface area contributed by atoms with Gasteiger partial charge in [0.05, 0.1) is 11.9 Å². The van der Waals surface area contributed by atoms with Gasteiger partial charge in [-0.3, -0.25) is 4.79 Å². The summed E-state index contributed by atoms with van der Waals surface area (Å²) in [7, 11) is 0. The largest absolute Gasteiger partial charge is 0.361 e. The summed E-state index contributed by atoms with van der Waals surface area (Å²) in [5.41, 5.74) is 9.46. The van der Waals surface area contributed by atoms with E-state index in [4.69, 9.17) is 0 Å². The van der Waals surface area contributed by atoms with Gasteiger partial charge < -0.3 is 9.55 Å². The van der Waals surface area contributed by atoms with Crippen LogP contribution in [0.1, 0.15) is 21.6 Å². The zero-order chi connectivity index (χ0) is 22.8. The highest BCUT2D eigenvalue weighted by molar-refractivity contribution is 9.10. The molecule has 2 heterocycles. The average Bonchev–Trinajstić information content (AvgIpc) is 3.42. The van der Waals surface area contributed by atoms with Gasteiger partial charge in [0.15, 0.2) is 0 Å². The standard InChI is InChI=1S/C27H21BrN4O/c1-18-7-14-26(19-5-3-2-4-6-19)32(18)23-11-8-20(9-12-23)27(33)31-30-17-21-16-29-25-13-10-22(28)15-24(21)25/h2-17,29H,1H3,(H,31,33)/b30-17+. The van der Waals surface area contributed by atoms with Crippen molar-refractivity contribution in [3.05, 3.63) is 112 Å². The van der Waals surface area contributed by atoms with Crippen LogP contribution in [0, 0.1) is 6.92 Å². The molecule has 0 saturated heterocycles. The number of aromatic amines is 1. The normalized spacial score (nSPS) is 11.3. The molecule has 0 bridgehead atoms. The summed E-state index contributed by atoms with van der Waals surface area (Å²) in [6.07, 6.45) is 3.51. The van der Waals surface area contributed by atoms with Gasteiger partial charge in [-0.05, 0) is 67.1 Å². The monoisotopic (exact) mass is 496 g/mol. The zero-order valence-electron chi connectivity index (χ0n) is 17.9. The Labute approximate surface area is 199 Å². The molecule has 0 aliphatic heterocycles. The number of H-pyrrole nitrogens is 1. The van der Waals surface area contributed by atoms with Crippen molar-refractivity contribution in [2.75, 3.05) is 0 Å². The Morgan fingerprint density at radius 1 is 1.00 bits per heavy atom. The Morgan fingerprint density at radius 2 is 1.79 bits per heavy atom. The van der Waals surface area contributed by atoms with Gasteiger partial charge in [-0.15, -0.1) is 0 Å². The third kappa shape index (κ3) is 4.25. The van der Waals surface area contributed by atoms with E-state index in [0.29, 0.717) is 5.56 Å². The first-order chi connectivity index (χ1) is 16.1. The predicted molar refractivity (Wildman–Crippen MR) is 137 cm³/mol. The fourth-order valence-electron chi connectivity index (χ4n) is 3.92. The van der Waals surface area contributed by atoms with Crippen molar-refractivity contribution in [2.24, 2.45) is 5.10 Å². The lowest BCUT2D eigenvalue weighted by atomic mass is 10.1. The van der Waals surface area contributed by atoms with Crippen molar-refractivity contribution in [3.8, 4) is 16.9 Å². The number of amides is 1. The molecule has 5 aromatic rings. The minimum absolute atomic E-state index is 0.258. The van der Waals surface area contributed by atoms with Crippen LogP contribution in [0.3, 0.4) is 0 Å². The molecular weight excluding hydrogens is 476 g/mol. The van der Waals surface area contributed by atoms with E-state index in [9.17, 15) is 4.79 Å². The van der Waals surface area contributed by atoms with E-state index < -0.39 is 0 Å². The summed E-state index contributed by atoms with van der Waals surface area (Å²) in [6.45, 7) is 2.07. The third-order valence-electron chi connectivity index (χ3n) is 5.58. The van der Waals surface area contributed by atoms with Gasteiger partial charge in [0.1, 0.15) is 0 Å². The molecule has 2 aromatic heterocycles. The summed E-state index contributed by atoms with van der Waals surface area (Å²) in [5.74, 6) is -0.258. The number of hydrogen-bond acceptors (Lipinski definition) is 2. The van der Waals surface area contributed by atoms with E-state index >= 15 is 0 Å². The molecule has 2 N–H and O–H groups in total. The third-order valence-corrected chi connectivity index (χ3v) is 6.07. The summed E-state index contributed by atoms with van der Waals surface area (Å²) < 4.78 is 3.17. The Bertz CT molecular complexity index is 1460. The maximum absolute atomic E-state index is 12.6. The van der Waals surface area contributed by atoms with Crippen LogP contribution in [0.25, 0.3) is 27.8 Å².